The van der Waals surface area contributed by atoms with Crippen LogP contribution in [0, 0.1) is 0 Å². The quantitative estimate of drug-likeness (QED) is 0.625. The standard InChI is InChI=1S/C8H15BrFN/c9-4-7-11(6-1-5-10)8-2-3-8/h8H,1-7H2. The Bertz CT molecular complexity index is 106. The lowest BCUT2D eigenvalue weighted by molar-refractivity contribution is 0.264. The van der Waals surface area contributed by atoms with Crippen LogP contribution < -0.4 is 0 Å². The molecule has 11 heavy (non-hydrogen) atoms. The topological polar surface area (TPSA) is 3.24 Å². The minimum absolute atomic E-state index is 0.175. The van der Waals surface area contributed by atoms with E-state index in [0.717, 1.165) is 24.5 Å². The van der Waals surface area contributed by atoms with Crippen LogP contribution in [0.4, 0.5) is 4.39 Å². The summed E-state index contributed by atoms with van der Waals surface area (Å²) in [4.78, 5) is 2.38. The molecule has 0 unspecified atom stereocenters. The molecule has 0 aromatic rings. The van der Waals surface area contributed by atoms with Crippen LogP contribution in [0.1, 0.15) is 19.3 Å². The van der Waals surface area contributed by atoms with Crippen LogP contribution in [0.15, 0.2) is 0 Å². The molecule has 0 saturated heterocycles. The number of alkyl halides is 2. The van der Waals surface area contributed by atoms with Gasteiger partial charge in [0.2, 0.25) is 0 Å². The summed E-state index contributed by atoms with van der Waals surface area (Å²) in [6, 6.07) is 0.777. The largest absolute Gasteiger partial charge is 0.299 e. The Kier molecular flexibility index (Phi) is 4.38. The van der Waals surface area contributed by atoms with Crippen LogP contribution in [0.3, 0.4) is 0 Å². The lowest BCUT2D eigenvalue weighted by Gasteiger charge is -2.19. The van der Waals surface area contributed by atoms with Gasteiger partial charge in [0.05, 0.1) is 6.67 Å². The highest BCUT2D eigenvalue weighted by atomic mass is 79.9. The Morgan fingerprint density at radius 1 is 1.36 bits per heavy atom. The van der Waals surface area contributed by atoms with Crippen LogP contribution in [0.2, 0.25) is 0 Å². The van der Waals surface area contributed by atoms with Crippen molar-refractivity contribution >= 4 is 15.9 Å². The summed E-state index contributed by atoms with van der Waals surface area (Å²) in [7, 11) is 0. The molecule has 1 aliphatic carbocycles. The number of rotatable bonds is 6. The van der Waals surface area contributed by atoms with Crippen molar-refractivity contribution in [3.8, 4) is 0 Å². The molecule has 0 amide bonds. The van der Waals surface area contributed by atoms with E-state index in [9.17, 15) is 4.39 Å². The SMILES string of the molecule is FCCCN(CCBr)C1CC1. The maximum atomic E-state index is 11.8. The van der Waals surface area contributed by atoms with Crippen molar-refractivity contribution in [1.82, 2.24) is 4.90 Å². The Morgan fingerprint density at radius 2 is 2.09 bits per heavy atom. The monoisotopic (exact) mass is 223 g/mol. The van der Waals surface area contributed by atoms with E-state index < -0.39 is 0 Å². The highest BCUT2D eigenvalue weighted by Gasteiger charge is 2.27. The molecule has 0 N–H and O–H groups in total. The zero-order valence-corrected chi connectivity index (χ0v) is 8.32. The zero-order chi connectivity index (χ0) is 8.10. The van der Waals surface area contributed by atoms with Crippen molar-refractivity contribution in [1.29, 1.82) is 0 Å². The van der Waals surface area contributed by atoms with Crippen LogP contribution in [-0.4, -0.2) is 36.0 Å². The molecule has 0 spiro atoms. The minimum Gasteiger partial charge on any atom is -0.299 e. The summed E-state index contributed by atoms with van der Waals surface area (Å²) in [5, 5.41) is 1.01. The van der Waals surface area contributed by atoms with Gasteiger partial charge in [-0.1, -0.05) is 15.9 Å². The van der Waals surface area contributed by atoms with E-state index in [1.807, 2.05) is 0 Å². The van der Waals surface area contributed by atoms with E-state index in [4.69, 9.17) is 0 Å². The molecule has 1 saturated carbocycles. The van der Waals surface area contributed by atoms with Gasteiger partial charge in [0.15, 0.2) is 0 Å². The van der Waals surface area contributed by atoms with Crippen LogP contribution in [0.25, 0.3) is 0 Å². The predicted octanol–water partition coefficient (Wildman–Crippen LogP) is 2.21. The van der Waals surface area contributed by atoms with Gasteiger partial charge in [-0.25, -0.2) is 0 Å². The van der Waals surface area contributed by atoms with Crippen LogP contribution >= 0.6 is 15.9 Å². The van der Waals surface area contributed by atoms with Crippen molar-refractivity contribution < 1.29 is 4.39 Å². The molecular weight excluding hydrogens is 209 g/mol. The van der Waals surface area contributed by atoms with Gasteiger partial charge in [-0.15, -0.1) is 0 Å². The fraction of sp³-hybridized carbons (Fsp3) is 1.00. The number of halogens is 2. The highest BCUT2D eigenvalue weighted by molar-refractivity contribution is 9.09. The molecule has 3 heteroatoms. The fourth-order valence-electron chi connectivity index (χ4n) is 1.29. The smallest absolute Gasteiger partial charge is 0.0906 e. The molecule has 0 radical (unpaired) electrons. The number of hydrogen-bond donors (Lipinski definition) is 0. The normalized spacial score (nSPS) is 17.7. The van der Waals surface area contributed by atoms with Crippen LogP contribution in [0.5, 0.6) is 0 Å². The van der Waals surface area contributed by atoms with E-state index in [1.54, 1.807) is 0 Å². The second-order valence-electron chi connectivity index (χ2n) is 3.00. The molecule has 1 nitrogen and oxygen atoms in total. The maximum Gasteiger partial charge on any atom is 0.0906 e. The average Bonchev–Trinajstić information content (AvgIpc) is 2.80. The molecule has 0 atom stereocenters. The lowest BCUT2D eigenvalue weighted by Crippen LogP contribution is -2.29. The first kappa shape index (κ1) is 9.46. The summed E-state index contributed by atoms with van der Waals surface area (Å²) in [5.74, 6) is 0. The summed E-state index contributed by atoms with van der Waals surface area (Å²) >= 11 is 3.40. The van der Waals surface area contributed by atoms with E-state index in [2.05, 4.69) is 20.8 Å². The molecule has 1 aliphatic rings. The summed E-state index contributed by atoms with van der Waals surface area (Å²) < 4.78 is 11.8. The molecule has 66 valence electrons. The van der Waals surface area contributed by atoms with Gasteiger partial charge in [-0.2, -0.15) is 0 Å². The van der Waals surface area contributed by atoms with E-state index in [-0.39, 0.29) is 6.67 Å². The van der Waals surface area contributed by atoms with Gasteiger partial charge < -0.3 is 0 Å². The maximum absolute atomic E-state index is 11.8. The Morgan fingerprint density at radius 3 is 2.55 bits per heavy atom. The van der Waals surface area contributed by atoms with Gasteiger partial charge in [0, 0.05) is 24.5 Å². The molecule has 0 bridgehead atoms. The molecule has 1 rings (SSSR count). The number of nitrogens with zero attached hydrogens (tertiary/aromatic N) is 1. The molecule has 0 heterocycles. The highest BCUT2D eigenvalue weighted by Crippen LogP contribution is 2.26. The summed E-state index contributed by atoms with van der Waals surface area (Å²) in [6.45, 7) is 1.84. The lowest BCUT2D eigenvalue weighted by atomic mass is 10.4. The first-order valence-electron chi connectivity index (χ1n) is 4.24. The average molecular weight is 224 g/mol. The third kappa shape index (κ3) is 3.52. The fourth-order valence-corrected chi connectivity index (χ4v) is 1.74. The molecule has 0 aliphatic heterocycles. The van der Waals surface area contributed by atoms with Gasteiger partial charge in [0.1, 0.15) is 0 Å². The van der Waals surface area contributed by atoms with Gasteiger partial charge >= 0.3 is 0 Å². The number of hydrogen-bond acceptors (Lipinski definition) is 1. The summed E-state index contributed by atoms with van der Waals surface area (Å²) in [6.07, 6.45) is 3.34. The zero-order valence-electron chi connectivity index (χ0n) is 6.73. The second-order valence-corrected chi connectivity index (χ2v) is 3.79. The first-order valence-corrected chi connectivity index (χ1v) is 5.36. The third-order valence-electron chi connectivity index (χ3n) is 2.01. The summed E-state index contributed by atoms with van der Waals surface area (Å²) in [5.41, 5.74) is 0. The Hall–Kier alpha value is 0.370. The van der Waals surface area contributed by atoms with Gasteiger partial charge in [-0.05, 0) is 19.3 Å². The van der Waals surface area contributed by atoms with Gasteiger partial charge in [-0.3, -0.25) is 9.29 Å². The third-order valence-corrected chi connectivity index (χ3v) is 2.37. The van der Waals surface area contributed by atoms with E-state index >= 15 is 0 Å². The van der Waals surface area contributed by atoms with Crippen LogP contribution in [-0.2, 0) is 0 Å². The Balaban J connectivity index is 2.10. The predicted molar refractivity (Wildman–Crippen MR) is 49.0 cm³/mol. The Labute approximate surface area is 76.1 Å². The van der Waals surface area contributed by atoms with Crippen molar-refractivity contribution in [3.05, 3.63) is 0 Å². The van der Waals surface area contributed by atoms with Crippen molar-refractivity contribution in [2.45, 2.75) is 25.3 Å². The van der Waals surface area contributed by atoms with E-state index in [1.165, 1.54) is 12.8 Å². The molecule has 0 aromatic carbocycles. The molecule has 1 fully saturated rings. The van der Waals surface area contributed by atoms with Crippen molar-refractivity contribution in [3.63, 3.8) is 0 Å². The molecule has 0 aromatic heterocycles. The minimum atomic E-state index is -0.175. The first-order chi connectivity index (χ1) is 5.38. The van der Waals surface area contributed by atoms with Crippen molar-refractivity contribution in [2.24, 2.45) is 0 Å². The van der Waals surface area contributed by atoms with Gasteiger partial charge in [0.25, 0.3) is 0 Å². The second kappa shape index (κ2) is 5.09. The molecular formula is C8H15BrFN. The van der Waals surface area contributed by atoms with E-state index in [0.29, 0.717) is 6.42 Å². The van der Waals surface area contributed by atoms with Crippen molar-refractivity contribution in [2.75, 3.05) is 25.1 Å².